The van der Waals surface area contributed by atoms with Crippen LogP contribution in [0.3, 0.4) is 0 Å². The molecule has 0 radical (unpaired) electrons. The van der Waals surface area contributed by atoms with Crippen molar-refractivity contribution in [3.8, 4) is 0 Å². The highest BCUT2D eigenvalue weighted by atomic mass is 19.3. The van der Waals surface area contributed by atoms with E-state index in [1.807, 2.05) is 0 Å². The molecule has 1 unspecified atom stereocenters. The Morgan fingerprint density at radius 1 is 1.33 bits per heavy atom. The second kappa shape index (κ2) is 9.64. The minimum absolute atomic E-state index is 0.0285. The molecule has 2 N–H and O–H groups in total. The van der Waals surface area contributed by atoms with Gasteiger partial charge in [-0.25, -0.2) is 8.78 Å². The summed E-state index contributed by atoms with van der Waals surface area (Å²) in [6.07, 6.45) is -0.354. The van der Waals surface area contributed by atoms with Crippen molar-refractivity contribution in [3.63, 3.8) is 0 Å². The Kier molecular flexibility index (Phi) is 9.50. The van der Waals surface area contributed by atoms with Gasteiger partial charge >= 0.3 is 0 Å². The molecule has 0 aromatic carbocycles. The lowest BCUT2D eigenvalue weighted by molar-refractivity contribution is 0.0532. The van der Waals surface area contributed by atoms with Gasteiger partial charge in [-0.05, 0) is 24.8 Å². The molecule has 0 amide bonds. The lowest BCUT2D eigenvalue weighted by Crippen LogP contribution is -2.44. The standard InChI is InChI=1S/C13H28F2N2O/c1-4-6-16-10-13(3,5-2)11-17(7-8-18)9-12(14)15/h12,16,18H,4-11H2,1-3H3. The Morgan fingerprint density at radius 3 is 2.44 bits per heavy atom. The number of alkyl halides is 2. The first kappa shape index (κ1) is 17.7. The first-order chi connectivity index (χ1) is 8.47. The summed E-state index contributed by atoms with van der Waals surface area (Å²) < 4.78 is 24.9. The minimum atomic E-state index is -2.35. The van der Waals surface area contributed by atoms with Gasteiger partial charge in [-0.1, -0.05) is 20.8 Å². The van der Waals surface area contributed by atoms with Gasteiger partial charge in [-0.2, -0.15) is 0 Å². The fourth-order valence-electron chi connectivity index (χ4n) is 1.97. The van der Waals surface area contributed by atoms with Crippen molar-refractivity contribution < 1.29 is 13.9 Å². The third-order valence-corrected chi connectivity index (χ3v) is 3.25. The minimum Gasteiger partial charge on any atom is -0.395 e. The van der Waals surface area contributed by atoms with Crippen molar-refractivity contribution in [1.82, 2.24) is 10.2 Å². The Hall–Kier alpha value is -0.260. The summed E-state index contributed by atoms with van der Waals surface area (Å²) in [5.74, 6) is 0. The van der Waals surface area contributed by atoms with Crippen LogP contribution in [0.5, 0.6) is 0 Å². The van der Waals surface area contributed by atoms with Gasteiger partial charge in [0.15, 0.2) is 0 Å². The molecule has 1 atom stereocenters. The largest absolute Gasteiger partial charge is 0.395 e. The highest BCUT2D eigenvalue weighted by Crippen LogP contribution is 2.22. The zero-order valence-corrected chi connectivity index (χ0v) is 11.9. The zero-order valence-electron chi connectivity index (χ0n) is 11.9. The fourth-order valence-corrected chi connectivity index (χ4v) is 1.97. The zero-order chi connectivity index (χ0) is 14.0. The molecule has 0 aromatic rings. The highest BCUT2D eigenvalue weighted by Gasteiger charge is 2.26. The summed E-state index contributed by atoms with van der Waals surface area (Å²) in [5, 5.41) is 12.3. The molecule has 0 saturated heterocycles. The molecule has 0 saturated carbocycles. The molecular weight excluding hydrogens is 238 g/mol. The molecule has 5 heteroatoms. The van der Waals surface area contributed by atoms with Crippen LogP contribution in [-0.2, 0) is 0 Å². The van der Waals surface area contributed by atoms with Crippen LogP contribution in [0.2, 0.25) is 0 Å². The van der Waals surface area contributed by atoms with Crippen LogP contribution in [0.25, 0.3) is 0 Å². The normalized spacial score (nSPS) is 15.3. The molecule has 0 aliphatic heterocycles. The van der Waals surface area contributed by atoms with Crippen LogP contribution in [0.1, 0.15) is 33.6 Å². The average Bonchev–Trinajstić information content (AvgIpc) is 2.29. The Morgan fingerprint density at radius 2 is 2.00 bits per heavy atom. The predicted octanol–water partition coefficient (Wildman–Crippen LogP) is 1.96. The van der Waals surface area contributed by atoms with Crippen molar-refractivity contribution in [2.75, 3.05) is 39.3 Å². The number of hydrogen-bond acceptors (Lipinski definition) is 3. The third-order valence-electron chi connectivity index (χ3n) is 3.25. The average molecular weight is 266 g/mol. The van der Waals surface area contributed by atoms with Crippen LogP contribution in [0, 0.1) is 5.41 Å². The molecule has 0 rings (SSSR count). The van der Waals surface area contributed by atoms with Crippen LogP contribution >= 0.6 is 0 Å². The summed E-state index contributed by atoms with van der Waals surface area (Å²) in [4.78, 5) is 1.65. The number of halogens is 2. The molecule has 0 aliphatic carbocycles. The molecule has 0 aromatic heterocycles. The van der Waals surface area contributed by atoms with E-state index in [9.17, 15) is 8.78 Å². The van der Waals surface area contributed by atoms with Gasteiger partial charge in [0, 0.05) is 19.6 Å². The number of rotatable bonds is 11. The second-order valence-electron chi connectivity index (χ2n) is 5.19. The van der Waals surface area contributed by atoms with Crippen LogP contribution < -0.4 is 5.32 Å². The number of aliphatic hydroxyl groups is 1. The summed E-state index contributed by atoms with van der Waals surface area (Å²) in [6, 6.07) is 0. The lowest BCUT2D eigenvalue weighted by atomic mass is 9.86. The van der Waals surface area contributed by atoms with Crippen molar-refractivity contribution in [2.24, 2.45) is 5.41 Å². The van der Waals surface area contributed by atoms with E-state index in [0.717, 1.165) is 25.9 Å². The highest BCUT2D eigenvalue weighted by molar-refractivity contribution is 4.80. The maximum absolute atomic E-state index is 12.5. The predicted molar refractivity (Wildman–Crippen MR) is 71.1 cm³/mol. The van der Waals surface area contributed by atoms with Gasteiger partial charge in [0.05, 0.1) is 13.2 Å². The number of nitrogens with one attached hydrogen (secondary N) is 1. The Balaban J connectivity index is 4.32. The molecule has 0 aliphatic rings. The smallest absolute Gasteiger partial charge is 0.251 e. The third kappa shape index (κ3) is 7.95. The molecule has 0 bridgehead atoms. The van der Waals surface area contributed by atoms with E-state index in [0.29, 0.717) is 13.1 Å². The number of aliphatic hydroxyl groups excluding tert-OH is 1. The van der Waals surface area contributed by atoms with Crippen LogP contribution in [0.15, 0.2) is 0 Å². The van der Waals surface area contributed by atoms with Gasteiger partial charge in [-0.3, -0.25) is 4.90 Å². The first-order valence-corrected chi connectivity index (χ1v) is 6.79. The molecule has 3 nitrogen and oxygen atoms in total. The molecular formula is C13H28F2N2O. The van der Waals surface area contributed by atoms with Crippen molar-refractivity contribution >= 4 is 0 Å². The van der Waals surface area contributed by atoms with Crippen LogP contribution in [-0.4, -0.2) is 55.8 Å². The van der Waals surface area contributed by atoms with E-state index in [-0.39, 0.29) is 18.6 Å². The summed E-state index contributed by atoms with van der Waals surface area (Å²) >= 11 is 0. The first-order valence-electron chi connectivity index (χ1n) is 6.79. The second-order valence-corrected chi connectivity index (χ2v) is 5.19. The van der Waals surface area contributed by atoms with Crippen molar-refractivity contribution in [3.05, 3.63) is 0 Å². The summed E-state index contributed by atoms with van der Waals surface area (Å²) in [6.45, 7) is 8.62. The number of nitrogens with zero attached hydrogens (tertiary/aromatic N) is 1. The molecule has 110 valence electrons. The Labute approximate surface area is 110 Å². The fraction of sp³-hybridized carbons (Fsp3) is 1.00. The lowest BCUT2D eigenvalue weighted by Gasteiger charge is -2.35. The maximum Gasteiger partial charge on any atom is 0.251 e. The van der Waals surface area contributed by atoms with E-state index in [2.05, 4.69) is 26.1 Å². The van der Waals surface area contributed by atoms with Crippen molar-refractivity contribution in [2.45, 2.75) is 40.0 Å². The van der Waals surface area contributed by atoms with E-state index in [1.54, 1.807) is 4.90 Å². The molecule has 0 spiro atoms. The van der Waals surface area contributed by atoms with E-state index >= 15 is 0 Å². The molecule has 0 heterocycles. The van der Waals surface area contributed by atoms with Gasteiger partial charge in [0.25, 0.3) is 6.43 Å². The van der Waals surface area contributed by atoms with Crippen LogP contribution in [0.4, 0.5) is 8.78 Å². The van der Waals surface area contributed by atoms with Gasteiger partial charge in [0.2, 0.25) is 0 Å². The summed E-state index contributed by atoms with van der Waals surface area (Å²) in [7, 11) is 0. The van der Waals surface area contributed by atoms with E-state index in [4.69, 9.17) is 5.11 Å². The summed E-state index contributed by atoms with van der Waals surface area (Å²) in [5.41, 5.74) is -0.0285. The van der Waals surface area contributed by atoms with E-state index < -0.39 is 6.43 Å². The SMILES string of the molecule is CCCNCC(C)(CC)CN(CCO)CC(F)F. The number of hydrogen-bond donors (Lipinski definition) is 2. The van der Waals surface area contributed by atoms with Gasteiger partial charge in [-0.15, -0.1) is 0 Å². The molecule has 18 heavy (non-hydrogen) atoms. The monoisotopic (exact) mass is 266 g/mol. The molecule has 0 fully saturated rings. The topological polar surface area (TPSA) is 35.5 Å². The Bertz CT molecular complexity index is 205. The quantitative estimate of drug-likeness (QED) is 0.561. The van der Waals surface area contributed by atoms with Gasteiger partial charge < -0.3 is 10.4 Å². The maximum atomic E-state index is 12.5. The van der Waals surface area contributed by atoms with E-state index in [1.165, 1.54) is 0 Å². The van der Waals surface area contributed by atoms with Crippen molar-refractivity contribution in [1.29, 1.82) is 0 Å². The van der Waals surface area contributed by atoms with Gasteiger partial charge in [0.1, 0.15) is 0 Å².